The number of hydrogen-bond donors (Lipinski definition) is 0. The Morgan fingerprint density at radius 1 is 0.238 bits per heavy atom. The zero-order valence-electron chi connectivity index (χ0n) is 56.1. The summed E-state index contributed by atoms with van der Waals surface area (Å²) in [7, 11) is 0. The van der Waals surface area contributed by atoms with Crippen LogP contribution in [0.4, 0.5) is 51.2 Å². The Kier molecular flexibility index (Phi) is 16.9. The number of hydrogen-bond acceptors (Lipinski definition) is 7. The Bertz CT molecular complexity index is 6880. The first-order valence-corrected chi connectivity index (χ1v) is 39.5. The summed E-state index contributed by atoms with van der Waals surface area (Å²) in [5.74, 6) is 0. The van der Waals surface area contributed by atoms with E-state index in [1.165, 1.54) is 110 Å². The number of para-hydroxylation sites is 3. The largest absolute Gasteiger partial charge is 0.456 e. The molecule has 5 heterocycles. The number of fused-ring (bicyclic) bond motifs is 15. The number of furan rings is 1. The van der Waals surface area contributed by atoms with Crippen LogP contribution in [0.25, 0.3) is 121 Å². The standard InChI is InChI=1S/C34H20BrNOS.C32H21BrN2S.C28H18BrNS/c35-23-10-14-27-28-15-12-26(20-32(28)37-31(27)18-23)36(24-11-9-21-5-1-2-6-22(21)17-24)25-13-16-34-30(19-25)29-7-3-4-8-33(29)38-34;33-23-11-14-28-29-21-27(13-16-31(29)36-32(28)20-23)35(25-9-5-2-6-10-25)26-12-15-30-22(19-26)17-18-34(30)24-7-3-1-4-8-24;29-20-13-15-24-25-16-14-22(18-28(25)31-27(24)17-20)30(21-9-2-1-3-10-21)26-12-6-8-19-7-4-5-11-23(19)26/h1-20H;1-21H;1-18H. The van der Waals surface area contributed by atoms with Crippen molar-refractivity contribution >= 4 is 248 Å². The van der Waals surface area contributed by atoms with E-state index < -0.39 is 0 Å². The molecule has 21 aromatic rings. The molecule has 0 aliphatic carbocycles. The fraction of sp³-hybridized carbons (Fsp3) is 0. The van der Waals surface area contributed by atoms with Crippen LogP contribution < -0.4 is 14.7 Å². The smallest absolute Gasteiger partial charge is 0.137 e. The Morgan fingerprint density at radius 2 is 0.667 bits per heavy atom. The van der Waals surface area contributed by atoms with Crippen molar-refractivity contribution in [3.8, 4) is 5.69 Å². The van der Waals surface area contributed by atoms with Crippen LogP contribution in [0, 0.1) is 0 Å². The van der Waals surface area contributed by atoms with Crippen molar-refractivity contribution in [2.45, 2.75) is 0 Å². The van der Waals surface area contributed by atoms with Crippen molar-refractivity contribution in [1.82, 2.24) is 4.57 Å². The molecule has 0 bridgehead atoms. The molecule has 5 aromatic heterocycles. The highest BCUT2D eigenvalue weighted by Crippen LogP contribution is 2.47. The maximum Gasteiger partial charge on any atom is 0.137 e. The predicted molar refractivity (Wildman–Crippen MR) is 464 cm³/mol. The monoisotopic (exact) mass is 1590 g/mol. The molecule has 0 aliphatic rings. The van der Waals surface area contributed by atoms with Gasteiger partial charge >= 0.3 is 0 Å². The molecule has 105 heavy (non-hydrogen) atoms. The maximum absolute atomic E-state index is 6.33. The summed E-state index contributed by atoms with van der Waals surface area (Å²) < 4.78 is 19.6. The van der Waals surface area contributed by atoms with E-state index in [2.05, 4.69) is 419 Å². The number of rotatable bonds is 10. The van der Waals surface area contributed by atoms with E-state index in [9.17, 15) is 0 Å². The molecule has 11 heteroatoms. The first-order chi connectivity index (χ1) is 51.7. The molecule has 16 aromatic carbocycles. The third-order valence-corrected chi connectivity index (χ3v) is 24.5. The summed E-state index contributed by atoms with van der Waals surface area (Å²) in [4.78, 5) is 7.05. The third-order valence-electron chi connectivity index (χ3n) is 19.6. The third kappa shape index (κ3) is 12.3. The zero-order valence-corrected chi connectivity index (χ0v) is 63.3. The SMILES string of the molecule is Brc1ccc2c(c1)oc1cc(N(c3ccc4ccccc4c3)c3ccc4sc5ccccc5c4c3)ccc12.Brc1ccc2c(c1)sc1cc(N(c3ccccc3)c3cccc4ccccc34)ccc12.Brc1ccc2c(c1)sc1ccc(N(c3ccccc3)c3ccc4c(ccn4-c4ccccc4)c3)cc12. The summed E-state index contributed by atoms with van der Waals surface area (Å²) in [5.41, 5.74) is 14.4. The fourth-order valence-corrected chi connectivity index (χ4v) is 19.5. The van der Waals surface area contributed by atoms with E-state index in [1.54, 1.807) is 0 Å². The Balaban J connectivity index is 0.000000109. The van der Waals surface area contributed by atoms with Gasteiger partial charge in [-0.1, -0.05) is 206 Å². The lowest BCUT2D eigenvalue weighted by atomic mass is 10.1. The molecule has 0 aliphatic heterocycles. The van der Waals surface area contributed by atoms with Crippen LogP contribution in [-0.4, -0.2) is 4.57 Å². The van der Waals surface area contributed by atoms with Crippen LogP contribution in [-0.2, 0) is 0 Å². The average molecular weight is 1600 g/mol. The molecule has 0 saturated heterocycles. The normalized spacial score (nSPS) is 11.6. The van der Waals surface area contributed by atoms with Gasteiger partial charge in [0, 0.05) is 159 Å². The first-order valence-electron chi connectivity index (χ1n) is 34.6. The molecule has 0 atom stereocenters. The number of halogens is 3. The van der Waals surface area contributed by atoms with E-state index in [0.717, 1.165) is 75.2 Å². The lowest BCUT2D eigenvalue weighted by Crippen LogP contribution is -2.10. The second-order valence-corrected chi connectivity index (χ2v) is 32.0. The number of aromatic nitrogens is 1. The van der Waals surface area contributed by atoms with E-state index >= 15 is 0 Å². The molecular formula is C94H59Br3N4OS3. The summed E-state index contributed by atoms with van der Waals surface area (Å²) in [6, 6.07) is 126. The van der Waals surface area contributed by atoms with Crippen LogP contribution in [0.3, 0.4) is 0 Å². The number of nitrogens with zero attached hydrogens (tertiary/aromatic N) is 4. The van der Waals surface area contributed by atoms with Crippen LogP contribution >= 0.6 is 81.8 Å². The van der Waals surface area contributed by atoms with Crippen LogP contribution in [0.2, 0.25) is 0 Å². The fourth-order valence-electron chi connectivity index (χ4n) is 14.8. The maximum atomic E-state index is 6.33. The number of anilines is 9. The molecule has 0 N–H and O–H groups in total. The minimum Gasteiger partial charge on any atom is -0.456 e. The van der Waals surface area contributed by atoms with E-state index in [4.69, 9.17) is 4.42 Å². The lowest BCUT2D eigenvalue weighted by molar-refractivity contribution is 0.668. The average Bonchev–Trinajstić information content (AvgIpc) is 1.71. The Hall–Kier alpha value is -11.1. The number of benzene rings is 16. The van der Waals surface area contributed by atoms with Gasteiger partial charge < -0.3 is 23.7 Å². The summed E-state index contributed by atoms with van der Waals surface area (Å²) in [5, 5.41) is 16.2. The van der Waals surface area contributed by atoms with Gasteiger partial charge in [0.05, 0.1) is 11.2 Å². The zero-order chi connectivity index (χ0) is 70.1. The topological polar surface area (TPSA) is 27.8 Å². The summed E-state index contributed by atoms with van der Waals surface area (Å²) in [6.45, 7) is 0. The van der Waals surface area contributed by atoms with E-state index in [1.807, 2.05) is 40.1 Å². The van der Waals surface area contributed by atoms with Gasteiger partial charge in [-0.05, 0) is 204 Å². The van der Waals surface area contributed by atoms with Gasteiger partial charge in [0.25, 0.3) is 0 Å². The van der Waals surface area contributed by atoms with Gasteiger partial charge in [0.2, 0.25) is 0 Å². The van der Waals surface area contributed by atoms with Gasteiger partial charge in [-0.3, -0.25) is 0 Å². The minimum atomic E-state index is 0.878. The summed E-state index contributed by atoms with van der Waals surface area (Å²) >= 11 is 16.3. The van der Waals surface area contributed by atoms with Crippen LogP contribution in [0.1, 0.15) is 0 Å². The second kappa shape index (κ2) is 27.5. The highest BCUT2D eigenvalue weighted by atomic mass is 79.9. The quantitative estimate of drug-likeness (QED) is 0.136. The highest BCUT2D eigenvalue weighted by molar-refractivity contribution is 9.11. The van der Waals surface area contributed by atoms with Crippen molar-refractivity contribution in [3.05, 3.63) is 371 Å². The predicted octanol–water partition coefficient (Wildman–Crippen LogP) is 31.0. The van der Waals surface area contributed by atoms with Crippen molar-refractivity contribution in [1.29, 1.82) is 0 Å². The Morgan fingerprint density at radius 3 is 1.36 bits per heavy atom. The molecule has 21 rings (SSSR count). The number of thiophene rings is 3. The molecule has 0 fully saturated rings. The van der Waals surface area contributed by atoms with Gasteiger partial charge in [0.15, 0.2) is 0 Å². The van der Waals surface area contributed by atoms with Crippen molar-refractivity contribution in [2.75, 3.05) is 14.7 Å². The van der Waals surface area contributed by atoms with Gasteiger partial charge in [0.1, 0.15) is 11.2 Å². The van der Waals surface area contributed by atoms with Crippen LogP contribution in [0.5, 0.6) is 0 Å². The minimum absolute atomic E-state index is 0.878. The molecule has 0 unspecified atom stereocenters. The highest BCUT2D eigenvalue weighted by Gasteiger charge is 2.22. The van der Waals surface area contributed by atoms with Crippen molar-refractivity contribution in [2.24, 2.45) is 0 Å². The molecule has 0 radical (unpaired) electrons. The van der Waals surface area contributed by atoms with Gasteiger partial charge in [-0.2, -0.15) is 0 Å². The molecule has 0 saturated carbocycles. The molecular weight excluding hydrogens is 1540 g/mol. The van der Waals surface area contributed by atoms with E-state index in [-0.39, 0.29) is 0 Å². The van der Waals surface area contributed by atoms with E-state index in [0.29, 0.717) is 0 Å². The molecule has 500 valence electrons. The van der Waals surface area contributed by atoms with Gasteiger partial charge in [-0.15, -0.1) is 34.0 Å². The van der Waals surface area contributed by atoms with Crippen LogP contribution in [0.15, 0.2) is 376 Å². The molecule has 0 amide bonds. The molecule has 5 nitrogen and oxygen atoms in total. The summed E-state index contributed by atoms with van der Waals surface area (Å²) in [6.07, 6.45) is 2.15. The molecule has 0 spiro atoms. The first kappa shape index (κ1) is 64.7. The lowest BCUT2D eigenvalue weighted by Gasteiger charge is -2.27. The second-order valence-electron chi connectivity index (χ2n) is 26.0. The Labute approximate surface area is 642 Å². The van der Waals surface area contributed by atoms with Gasteiger partial charge in [-0.25, -0.2) is 0 Å². The van der Waals surface area contributed by atoms with Crippen molar-refractivity contribution in [3.63, 3.8) is 0 Å². The van der Waals surface area contributed by atoms with Crippen molar-refractivity contribution < 1.29 is 4.42 Å².